The molecule has 1 spiro atoms. The SMILES string of the molecule is COC[C@H]1NC(=O)CC/C=C\CN(Cc2ccccc2)C(=O)[C@@H]2N(CCCCO)C(=O)[C@H]3[C@H](C(=O)O[C@@H]1c1ccccc1)[C@@H]1C=C[C@]23O1. The molecule has 2 aromatic carbocycles. The molecule has 4 aliphatic heterocycles. The van der Waals surface area contributed by atoms with Crippen LogP contribution in [-0.4, -0.2) is 95.8 Å². The van der Waals surface area contributed by atoms with Gasteiger partial charge in [0, 0.05) is 39.8 Å². The highest BCUT2D eigenvalue weighted by Gasteiger charge is 2.73. The molecular formula is C37H43N3O8. The summed E-state index contributed by atoms with van der Waals surface area (Å²) in [7, 11) is 1.51. The lowest BCUT2D eigenvalue weighted by molar-refractivity contribution is -0.162. The monoisotopic (exact) mass is 657 g/mol. The Hall–Kier alpha value is -4.32. The highest BCUT2D eigenvalue weighted by atomic mass is 16.6. The van der Waals surface area contributed by atoms with E-state index in [-0.39, 0.29) is 57.0 Å². The number of methoxy groups -OCH3 is 1. The number of nitrogens with zero attached hydrogens (tertiary/aromatic N) is 2. The van der Waals surface area contributed by atoms with Gasteiger partial charge >= 0.3 is 5.97 Å². The van der Waals surface area contributed by atoms with Crippen molar-refractivity contribution in [1.82, 2.24) is 15.1 Å². The minimum Gasteiger partial charge on any atom is -0.455 e. The molecular weight excluding hydrogens is 614 g/mol. The molecule has 5 bridgehead atoms. The molecule has 2 aromatic rings. The fourth-order valence-electron chi connectivity index (χ4n) is 7.49. The number of cyclic esters (lactones) is 1. The van der Waals surface area contributed by atoms with E-state index in [0.717, 1.165) is 5.56 Å². The van der Waals surface area contributed by atoms with E-state index in [1.807, 2.05) is 72.8 Å². The summed E-state index contributed by atoms with van der Waals surface area (Å²) in [5, 5.41) is 12.5. The average molecular weight is 658 g/mol. The molecule has 6 rings (SSSR count). The number of allylic oxidation sites excluding steroid dienone is 1. The second-order valence-electron chi connectivity index (χ2n) is 12.8. The maximum Gasteiger partial charge on any atom is 0.313 e. The van der Waals surface area contributed by atoms with Gasteiger partial charge in [-0.1, -0.05) is 85.0 Å². The summed E-state index contributed by atoms with van der Waals surface area (Å²) >= 11 is 0. The minimum atomic E-state index is -1.36. The summed E-state index contributed by atoms with van der Waals surface area (Å²) in [6, 6.07) is 17.0. The Morgan fingerprint density at radius 3 is 2.46 bits per heavy atom. The third-order valence-corrected chi connectivity index (χ3v) is 9.67. The number of ether oxygens (including phenoxy) is 3. The van der Waals surface area contributed by atoms with Crippen LogP contribution in [0.3, 0.4) is 0 Å². The molecule has 2 N–H and O–H groups in total. The first-order valence-corrected chi connectivity index (χ1v) is 16.7. The van der Waals surface area contributed by atoms with Crippen molar-refractivity contribution in [3.05, 3.63) is 96.1 Å². The summed E-state index contributed by atoms with van der Waals surface area (Å²) < 4.78 is 18.3. The van der Waals surface area contributed by atoms with Gasteiger partial charge in [-0.25, -0.2) is 0 Å². The number of aliphatic hydroxyl groups is 1. The lowest BCUT2D eigenvalue weighted by Crippen LogP contribution is -2.55. The van der Waals surface area contributed by atoms with Gasteiger partial charge in [0.25, 0.3) is 0 Å². The van der Waals surface area contributed by atoms with Crippen molar-refractivity contribution in [2.75, 3.05) is 33.4 Å². The Morgan fingerprint density at radius 1 is 0.979 bits per heavy atom. The van der Waals surface area contributed by atoms with Gasteiger partial charge in [0.1, 0.15) is 23.7 Å². The van der Waals surface area contributed by atoms with E-state index >= 15 is 0 Å². The van der Waals surface area contributed by atoms with E-state index in [4.69, 9.17) is 14.2 Å². The highest BCUT2D eigenvalue weighted by Crippen LogP contribution is 2.56. The largest absolute Gasteiger partial charge is 0.455 e. The number of likely N-dealkylation sites (tertiary alicyclic amines) is 1. The zero-order valence-electron chi connectivity index (χ0n) is 27.1. The van der Waals surface area contributed by atoms with Gasteiger partial charge in [-0.05, 0) is 30.4 Å². The van der Waals surface area contributed by atoms with Crippen molar-refractivity contribution in [1.29, 1.82) is 0 Å². The minimum absolute atomic E-state index is 0.0480. The number of amides is 3. The van der Waals surface area contributed by atoms with Crippen molar-refractivity contribution in [2.45, 2.75) is 62.1 Å². The van der Waals surface area contributed by atoms with Crippen molar-refractivity contribution in [2.24, 2.45) is 11.8 Å². The lowest BCUT2D eigenvalue weighted by Gasteiger charge is -2.36. The topological polar surface area (TPSA) is 135 Å². The predicted molar refractivity (Wildman–Crippen MR) is 175 cm³/mol. The second kappa shape index (κ2) is 14.8. The third kappa shape index (κ3) is 6.54. The van der Waals surface area contributed by atoms with Crippen molar-refractivity contribution < 1.29 is 38.5 Å². The maximum atomic E-state index is 14.7. The number of carbonyl (C=O) groups excluding carboxylic acids is 4. The molecule has 7 atom stereocenters. The molecule has 0 radical (unpaired) electrons. The molecule has 4 heterocycles. The van der Waals surface area contributed by atoms with Crippen LogP contribution in [0.1, 0.15) is 42.9 Å². The van der Waals surface area contributed by atoms with Crippen LogP contribution >= 0.6 is 0 Å². The van der Waals surface area contributed by atoms with E-state index in [9.17, 15) is 24.3 Å². The molecule has 0 saturated carbocycles. The Labute approximate surface area is 280 Å². The van der Waals surface area contributed by atoms with E-state index in [2.05, 4.69) is 5.32 Å². The summed E-state index contributed by atoms with van der Waals surface area (Å²) in [5.74, 6) is -3.53. The Kier molecular flexibility index (Phi) is 10.4. The summed E-state index contributed by atoms with van der Waals surface area (Å²) in [6.45, 7) is 0.784. The van der Waals surface area contributed by atoms with Crippen molar-refractivity contribution in [3.63, 3.8) is 0 Å². The maximum absolute atomic E-state index is 14.7. The van der Waals surface area contributed by atoms with Crippen LogP contribution in [0.4, 0.5) is 0 Å². The van der Waals surface area contributed by atoms with Crippen LogP contribution in [0.25, 0.3) is 0 Å². The molecule has 11 nitrogen and oxygen atoms in total. The summed E-state index contributed by atoms with van der Waals surface area (Å²) in [6.07, 6.45) is 7.13. The van der Waals surface area contributed by atoms with Crippen LogP contribution in [-0.2, 0) is 39.9 Å². The lowest BCUT2D eigenvalue weighted by atomic mass is 9.74. The van der Waals surface area contributed by atoms with E-state index in [0.29, 0.717) is 24.8 Å². The van der Waals surface area contributed by atoms with E-state index in [1.54, 1.807) is 22.0 Å². The smallest absolute Gasteiger partial charge is 0.313 e. The number of hydrogen-bond acceptors (Lipinski definition) is 8. The van der Waals surface area contributed by atoms with Crippen LogP contribution in [0.5, 0.6) is 0 Å². The number of unbranched alkanes of at least 4 members (excludes halogenated alkanes) is 1. The molecule has 0 aromatic heterocycles. The number of nitrogens with one attached hydrogen (secondary N) is 1. The first kappa shape index (κ1) is 33.6. The first-order chi connectivity index (χ1) is 23.4. The molecule has 0 aliphatic carbocycles. The van der Waals surface area contributed by atoms with Gasteiger partial charge in [-0.2, -0.15) is 0 Å². The normalized spacial score (nSPS) is 31.1. The predicted octanol–water partition coefficient (Wildman–Crippen LogP) is 2.70. The van der Waals surface area contributed by atoms with Gasteiger partial charge < -0.3 is 34.4 Å². The molecule has 2 saturated heterocycles. The van der Waals surface area contributed by atoms with Gasteiger partial charge in [0.15, 0.2) is 0 Å². The molecule has 254 valence electrons. The van der Waals surface area contributed by atoms with Gasteiger partial charge in [-0.15, -0.1) is 0 Å². The van der Waals surface area contributed by atoms with Gasteiger partial charge in [0.05, 0.1) is 24.7 Å². The number of hydrogen-bond donors (Lipinski definition) is 2. The fourth-order valence-corrected chi connectivity index (χ4v) is 7.49. The number of carbonyl (C=O) groups is 4. The van der Waals surface area contributed by atoms with Gasteiger partial charge in [0.2, 0.25) is 17.7 Å². The van der Waals surface area contributed by atoms with Crippen molar-refractivity contribution in [3.8, 4) is 0 Å². The number of esters is 1. The molecule has 2 fully saturated rings. The zero-order chi connectivity index (χ0) is 33.7. The number of fused-ring (bicyclic) bond motifs is 2. The van der Waals surface area contributed by atoms with Crippen LogP contribution in [0.2, 0.25) is 0 Å². The molecule has 0 unspecified atom stereocenters. The summed E-state index contributed by atoms with van der Waals surface area (Å²) in [5.41, 5.74) is 0.212. The quantitative estimate of drug-likeness (QED) is 0.239. The van der Waals surface area contributed by atoms with Gasteiger partial charge in [-0.3, -0.25) is 19.2 Å². The third-order valence-electron chi connectivity index (χ3n) is 9.67. The molecule has 48 heavy (non-hydrogen) atoms. The fraction of sp³-hybridized carbons (Fsp3) is 0.459. The van der Waals surface area contributed by atoms with Crippen LogP contribution < -0.4 is 5.32 Å². The summed E-state index contributed by atoms with van der Waals surface area (Å²) in [4.78, 5) is 59.9. The zero-order valence-corrected chi connectivity index (χ0v) is 27.1. The molecule has 4 aliphatic rings. The Morgan fingerprint density at radius 2 is 1.73 bits per heavy atom. The van der Waals surface area contributed by atoms with Crippen LogP contribution in [0.15, 0.2) is 85.0 Å². The number of rotatable bonds is 9. The standard InChI is InChI=1S/C37H43N3O8/c1-46-24-27-32(26-15-7-3-8-16-26)47-36(45)30-28-18-19-37(48-28)31(30)34(43)40(21-11-12-22-41)33(37)35(44)39(23-25-13-5-2-6-14-25)20-10-4-9-17-29(42)38-27/h2-8,10,13-16,18-19,27-28,30-33,41H,9,11-12,17,20-24H2,1H3,(H,38,42)/b10-4-/t27-,28+,30-,31-,32-,33+,37-/m1/s1. The Bertz CT molecular complexity index is 1530. The highest BCUT2D eigenvalue weighted by molar-refractivity contribution is 5.99. The van der Waals surface area contributed by atoms with Crippen molar-refractivity contribution >= 4 is 23.7 Å². The number of benzene rings is 2. The Balaban J connectivity index is 1.42. The van der Waals surface area contributed by atoms with E-state index < -0.39 is 47.7 Å². The second-order valence-corrected chi connectivity index (χ2v) is 12.8. The average Bonchev–Trinajstić information content (AvgIpc) is 3.74. The molecule has 3 amide bonds. The molecule has 11 heteroatoms. The van der Waals surface area contributed by atoms with E-state index in [1.165, 1.54) is 7.11 Å². The number of aliphatic hydroxyl groups excluding tert-OH is 1. The van der Waals surface area contributed by atoms with Crippen LogP contribution in [0, 0.1) is 11.8 Å². The first-order valence-electron chi connectivity index (χ1n) is 16.7.